The number of carbonyl (C=O) groups excluding carboxylic acids is 8. The van der Waals surface area contributed by atoms with E-state index in [2.05, 4.69) is 0 Å². The third kappa shape index (κ3) is 14.7. The summed E-state index contributed by atoms with van der Waals surface area (Å²) >= 11 is 0. The molecule has 0 aliphatic carbocycles. The molecule has 2 rings (SSSR count). The second-order valence-electron chi connectivity index (χ2n) is 11.6. The highest BCUT2D eigenvalue weighted by Gasteiger charge is 2.55. The minimum Gasteiger partial charge on any atom is -0.466 e. The maximum absolute atomic E-state index is 12.3. The third-order valence-electron chi connectivity index (χ3n) is 7.00. The van der Waals surface area contributed by atoms with Crippen LogP contribution in [0, 0.1) is 0 Å². The number of rotatable bonds is 17. The molecule has 0 unspecified atom stereocenters. The van der Waals surface area contributed by atoms with Gasteiger partial charge in [0.25, 0.3) is 0 Å². The molecule has 2 heterocycles. The summed E-state index contributed by atoms with van der Waals surface area (Å²) in [6, 6.07) is 0. The molecule has 0 aromatic carbocycles. The van der Waals surface area contributed by atoms with E-state index in [1.165, 1.54) is 6.92 Å². The van der Waals surface area contributed by atoms with Gasteiger partial charge in [0, 0.05) is 55.4 Å². The van der Waals surface area contributed by atoms with E-state index < -0.39 is 122 Å². The van der Waals surface area contributed by atoms with Crippen molar-refractivity contribution in [3.63, 3.8) is 0 Å². The van der Waals surface area contributed by atoms with Crippen LogP contribution in [0.5, 0.6) is 0 Å². The molecular formula is C32H46O20. The van der Waals surface area contributed by atoms with Gasteiger partial charge in [-0.25, -0.2) is 0 Å². The van der Waals surface area contributed by atoms with Crippen LogP contribution in [0.25, 0.3) is 0 Å². The molecule has 2 aliphatic rings. The molecule has 20 nitrogen and oxygen atoms in total. The Kier molecular flexibility index (Phi) is 17.8. The smallest absolute Gasteiger partial charge is 0.303 e. The Morgan fingerprint density at radius 3 is 1.13 bits per heavy atom. The van der Waals surface area contributed by atoms with E-state index in [0.717, 1.165) is 48.5 Å². The summed E-state index contributed by atoms with van der Waals surface area (Å²) in [4.78, 5) is 96.0. The van der Waals surface area contributed by atoms with Gasteiger partial charge < -0.3 is 56.8 Å². The first-order valence-corrected chi connectivity index (χ1v) is 16.2. The molecule has 294 valence electrons. The molecule has 0 aromatic rings. The van der Waals surface area contributed by atoms with Crippen LogP contribution in [0.4, 0.5) is 0 Å². The zero-order valence-corrected chi connectivity index (χ0v) is 30.2. The standard InChI is InChI=1S/C32H46O20/c1-15(33)41-11-9-10-12-42-31-29(49-21(7)39)27(47-19(5)37)26(46-18(4)36)24(51-31)14-44-32-30(50-22(8)40)28(48-20(6)38)25(45-17(3)35)23(52-32)13-43-16(2)34/h23-32H,9-14H2,1-8H3/t23-,24-,25-,26-,27+,28+,29-,30-,31-,32-/m1/s1. The fourth-order valence-corrected chi connectivity index (χ4v) is 5.26. The zero-order chi connectivity index (χ0) is 39.1. The Bertz CT molecular complexity index is 1280. The van der Waals surface area contributed by atoms with Crippen molar-refractivity contribution in [2.24, 2.45) is 0 Å². The van der Waals surface area contributed by atoms with E-state index in [1.54, 1.807) is 0 Å². The molecule has 10 atom stereocenters. The molecule has 0 N–H and O–H groups in total. The van der Waals surface area contributed by atoms with Crippen LogP contribution in [0.2, 0.25) is 0 Å². The van der Waals surface area contributed by atoms with E-state index in [9.17, 15) is 38.4 Å². The molecule has 0 saturated carbocycles. The van der Waals surface area contributed by atoms with Crippen LogP contribution in [-0.4, -0.2) is 136 Å². The van der Waals surface area contributed by atoms with E-state index in [1.807, 2.05) is 0 Å². The average molecular weight is 751 g/mol. The van der Waals surface area contributed by atoms with E-state index >= 15 is 0 Å². The number of ether oxygens (including phenoxy) is 12. The second-order valence-corrected chi connectivity index (χ2v) is 11.6. The monoisotopic (exact) mass is 750 g/mol. The molecule has 0 bridgehead atoms. The van der Waals surface area contributed by atoms with Crippen LogP contribution in [0.3, 0.4) is 0 Å². The normalized spacial score (nSPS) is 28.3. The maximum atomic E-state index is 12.3. The molecule has 0 spiro atoms. The van der Waals surface area contributed by atoms with Crippen LogP contribution < -0.4 is 0 Å². The van der Waals surface area contributed by atoms with Crippen LogP contribution in [0.15, 0.2) is 0 Å². The number of hydrogen-bond acceptors (Lipinski definition) is 20. The molecule has 52 heavy (non-hydrogen) atoms. The van der Waals surface area contributed by atoms with Crippen molar-refractivity contribution in [2.75, 3.05) is 26.4 Å². The van der Waals surface area contributed by atoms with E-state index in [4.69, 9.17) is 56.8 Å². The predicted molar refractivity (Wildman–Crippen MR) is 165 cm³/mol. The number of carbonyl (C=O) groups is 8. The van der Waals surface area contributed by atoms with Crippen molar-refractivity contribution < 1.29 is 95.2 Å². The summed E-state index contributed by atoms with van der Waals surface area (Å²) in [5.74, 6) is -6.30. The van der Waals surface area contributed by atoms with Crippen LogP contribution in [0.1, 0.15) is 68.2 Å². The fourth-order valence-electron chi connectivity index (χ4n) is 5.26. The van der Waals surface area contributed by atoms with Gasteiger partial charge in [-0.2, -0.15) is 0 Å². The maximum Gasteiger partial charge on any atom is 0.303 e. The largest absolute Gasteiger partial charge is 0.466 e. The van der Waals surface area contributed by atoms with Gasteiger partial charge in [0.2, 0.25) is 0 Å². The van der Waals surface area contributed by atoms with Crippen molar-refractivity contribution in [1.82, 2.24) is 0 Å². The lowest BCUT2D eigenvalue weighted by atomic mass is 9.97. The minimum absolute atomic E-state index is 0.0258. The summed E-state index contributed by atoms with van der Waals surface area (Å²) in [6.45, 7) is 7.68. The topological polar surface area (TPSA) is 247 Å². The fraction of sp³-hybridized carbons (Fsp3) is 0.750. The Hall–Kier alpha value is -4.40. The molecule has 0 amide bonds. The first kappa shape index (κ1) is 43.8. The van der Waals surface area contributed by atoms with E-state index in [0.29, 0.717) is 12.8 Å². The molecular weight excluding hydrogens is 704 g/mol. The van der Waals surface area contributed by atoms with Crippen molar-refractivity contribution in [2.45, 2.75) is 130 Å². The molecule has 0 radical (unpaired) electrons. The summed E-state index contributed by atoms with van der Waals surface area (Å²) < 4.78 is 66.5. The van der Waals surface area contributed by atoms with Crippen LogP contribution in [-0.2, 0) is 95.2 Å². The number of hydrogen-bond donors (Lipinski definition) is 0. The van der Waals surface area contributed by atoms with Gasteiger partial charge in [0.1, 0.15) is 18.8 Å². The minimum atomic E-state index is -1.65. The van der Waals surface area contributed by atoms with Crippen molar-refractivity contribution in [1.29, 1.82) is 0 Å². The van der Waals surface area contributed by atoms with Crippen molar-refractivity contribution in [3.05, 3.63) is 0 Å². The average Bonchev–Trinajstić information content (AvgIpc) is 3.00. The molecule has 0 aromatic heterocycles. The quantitative estimate of drug-likeness (QED) is 0.107. The number of unbranched alkanes of at least 4 members (excludes halogenated alkanes) is 1. The highest BCUT2D eigenvalue weighted by Crippen LogP contribution is 2.33. The number of esters is 8. The van der Waals surface area contributed by atoms with Gasteiger partial charge >= 0.3 is 47.8 Å². The molecule has 2 fully saturated rings. The molecule has 2 aliphatic heterocycles. The lowest BCUT2D eigenvalue weighted by Gasteiger charge is -2.46. The SMILES string of the molecule is CC(=O)OCCCCO[C@@H]1O[C@H](CO[C@@H]2O[C@H](COC(C)=O)[C@@H](OC(C)=O)[C@H](OC(C)=O)[C@H]2OC(C)=O)[C@@H](OC(C)=O)[C@H](OC(C)=O)[C@H]1OC(C)=O. The molecule has 20 heteroatoms. The Balaban J connectivity index is 2.51. The summed E-state index contributed by atoms with van der Waals surface area (Å²) in [5.41, 5.74) is 0. The van der Waals surface area contributed by atoms with Gasteiger partial charge in [-0.15, -0.1) is 0 Å². The van der Waals surface area contributed by atoms with Gasteiger partial charge in [-0.1, -0.05) is 0 Å². The van der Waals surface area contributed by atoms with E-state index in [-0.39, 0.29) is 13.2 Å². The first-order valence-electron chi connectivity index (χ1n) is 16.2. The van der Waals surface area contributed by atoms with Crippen LogP contribution >= 0.6 is 0 Å². The highest BCUT2D eigenvalue weighted by molar-refractivity contribution is 5.69. The second kappa shape index (κ2) is 21.2. The van der Waals surface area contributed by atoms with Gasteiger partial charge in [-0.3, -0.25) is 38.4 Å². The Morgan fingerprint density at radius 2 is 0.731 bits per heavy atom. The third-order valence-corrected chi connectivity index (χ3v) is 7.00. The predicted octanol–water partition coefficient (Wildman–Crippen LogP) is -0.0340. The van der Waals surface area contributed by atoms with Gasteiger partial charge in [-0.05, 0) is 12.8 Å². The summed E-state index contributed by atoms with van der Waals surface area (Å²) in [7, 11) is 0. The summed E-state index contributed by atoms with van der Waals surface area (Å²) in [6.07, 6.45) is -14.1. The van der Waals surface area contributed by atoms with Crippen molar-refractivity contribution in [3.8, 4) is 0 Å². The first-order chi connectivity index (χ1) is 24.4. The Labute approximate surface area is 299 Å². The molecule has 2 saturated heterocycles. The summed E-state index contributed by atoms with van der Waals surface area (Å²) in [5, 5.41) is 0. The van der Waals surface area contributed by atoms with Crippen molar-refractivity contribution >= 4 is 47.8 Å². The lowest BCUT2D eigenvalue weighted by molar-refractivity contribution is -0.334. The highest BCUT2D eigenvalue weighted by atomic mass is 16.8. The van der Waals surface area contributed by atoms with Gasteiger partial charge in [0.15, 0.2) is 49.2 Å². The lowest BCUT2D eigenvalue weighted by Crippen LogP contribution is -2.65. The zero-order valence-electron chi connectivity index (χ0n) is 30.2. The van der Waals surface area contributed by atoms with Gasteiger partial charge in [0.05, 0.1) is 19.8 Å². The Morgan fingerprint density at radius 1 is 0.385 bits per heavy atom.